The van der Waals surface area contributed by atoms with Gasteiger partial charge in [0.15, 0.2) is 5.85 Å². The van der Waals surface area contributed by atoms with Crippen LogP contribution in [0.4, 0.5) is 0 Å². The average molecular weight is 416 g/mol. The van der Waals surface area contributed by atoms with Crippen LogP contribution in [0.25, 0.3) is 0 Å². The van der Waals surface area contributed by atoms with Crippen LogP contribution in [0.2, 0.25) is 0 Å². The van der Waals surface area contributed by atoms with Crippen LogP contribution in [0.3, 0.4) is 0 Å². The van der Waals surface area contributed by atoms with Crippen LogP contribution >= 0.6 is 15.9 Å². The van der Waals surface area contributed by atoms with Crippen molar-refractivity contribution in [3.05, 3.63) is 0 Å². The van der Waals surface area contributed by atoms with E-state index in [1.807, 2.05) is 0 Å². The minimum absolute atomic E-state index is 0. The van der Waals surface area contributed by atoms with E-state index in [1.54, 1.807) is 0 Å². The van der Waals surface area contributed by atoms with Crippen LogP contribution in [0.1, 0.15) is 6.42 Å². The quantitative estimate of drug-likeness (QED) is 0.239. The molecule has 0 aliphatic carbocycles. The van der Waals surface area contributed by atoms with Gasteiger partial charge in [-0.25, -0.2) is 0 Å². The van der Waals surface area contributed by atoms with Crippen molar-refractivity contribution in [2.45, 2.75) is 12.3 Å². The van der Waals surface area contributed by atoms with Crippen molar-refractivity contribution in [3.63, 3.8) is 0 Å². The van der Waals surface area contributed by atoms with Crippen molar-refractivity contribution >= 4 is 15.9 Å². The third-order valence-corrected chi connectivity index (χ3v) is 1.85. The molecule has 20 heteroatoms. The number of nitrogens with two attached hydrogens (primary N) is 1. The summed E-state index contributed by atoms with van der Waals surface area (Å²) in [6.07, 6.45) is -0.0652. The molecule has 27 N–H and O–H groups in total. The number of aliphatic hydroxyl groups excluding tert-OH is 1. The summed E-state index contributed by atoms with van der Waals surface area (Å²) in [5.74, 6) is -1.59. The van der Waals surface area contributed by atoms with E-state index in [4.69, 9.17) is 35.0 Å². The molecule has 1 unspecified atom stereocenters. The highest BCUT2D eigenvalue weighted by molar-refractivity contribution is 7.52. The zero-order chi connectivity index (χ0) is 11.1. The molecule has 0 fully saturated rings. The van der Waals surface area contributed by atoms with Crippen molar-refractivity contribution in [2.75, 3.05) is 6.54 Å². The molecule has 0 aromatic carbocycles. The lowest BCUT2D eigenvalue weighted by molar-refractivity contribution is 0.196. The Balaban J connectivity index is -0.00000000802. The highest BCUT2D eigenvalue weighted by atomic mass is 31.2. The van der Waals surface area contributed by atoms with Gasteiger partial charge in [-0.05, 0) is 13.0 Å². The summed E-state index contributed by atoms with van der Waals surface area (Å²) in [7, 11) is -7.17. The molecular weight excluding hydrogens is 384 g/mol. The lowest BCUT2D eigenvalue weighted by atomic mass is 10.5. The Morgan fingerprint density at radius 1 is 0.826 bits per heavy atom. The second-order valence-corrected chi connectivity index (χ2v) is 4.18. The van der Waals surface area contributed by atoms with Gasteiger partial charge in [0.05, 0.1) is 0 Å². The van der Waals surface area contributed by atoms with Crippen LogP contribution < -0.4 is 5.73 Å². The highest BCUT2D eigenvalue weighted by Crippen LogP contribution is 2.40. The average Bonchev–Trinajstić information content (AvgIpc) is 1.84. The summed E-state index contributed by atoms with van der Waals surface area (Å²) in [6, 6.07) is 0. The molecule has 160 valence electrons. The molecule has 0 spiro atoms. The first-order valence-corrected chi connectivity index (χ1v) is 5.84. The summed E-state index contributed by atoms with van der Waals surface area (Å²) in [6.45, 7) is 0.0757. The summed E-state index contributed by atoms with van der Waals surface area (Å²) in [5, 5.41) is 8.54. The maximum Gasteiger partial charge on any atom is 0.692 e. The van der Waals surface area contributed by atoms with Crippen LogP contribution in [0, 0.1) is 0 Å². The lowest BCUT2D eigenvalue weighted by Gasteiger charge is -2.09. The fraction of sp³-hybridized carbons (Fsp3) is 1.00. The summed E-state index contributed by atoms with van der Waals surface area (Å²) in [5.41, 5.74) is 4.92. The topological polar surface area (TPSA) is 476 Å². The van der Waals surface area contributed by atoms with Crippen molar-refractivity contribution in [1.82, 2.24) is 0 Å². The van der Waals surface area contributed by atoms with E-state index >= 15 is 0 Å². The Morgan fingerprint density at radius 2 is 1.00 bits per heavy atom. The molecule has 0 amide bonds. The van der Waals surface area contributed by atoms with Crippen LogP contribution in [-0.2, 0) is 9.13 Å². The standard InChI is InChI=1S/C3H10NO4P.HO3P.10H2O/c4-2-1-3(5)9(6,7)8;1-4(2)3;;;;;;;;;;/h3,5H,1-2,4H2,(H2,6,7,8);(H-,1,2,3);10*1H2/p+1. The minimum Gasteiger partial charge on any atom is -0.412 e. The van der Waals surface area contributed by atoms with Crippen LogP contribution in [0.5, 0.6) is 0 Å². The second-order valence-electron chi connectivity index (χ2n) is 1.90. The lowest BCUT2D eigenvalue weighted by Crippen LogP contribution is -2.13. The minimum atomic E-state index is -4.30. The van der Waals surface area contributed by atoms with E-state index in [1.165, 1.54) is 0 Å². The van der Waals surface area contributed by atoms with Crippen LogP contribution in [0.15, 0.2) is 0 Å². The van der Waals surface area contributed by atoms with E-state index in [0.717, 1.165) is 0 Å². The Labute approximate surface area is 130 Å². The molecule has 0 aliphatic heterocycles. The van der Waals surface area contributed by atoms with Gasteiger partial charge < -0.3 is 75.4 Å². The normalized spacial score (nSPS) is 7.22. The maximum atomic E-state index is 10.1. The molecule has 0 rings (SSSR count). The Bertz CT molecular complexity index is 192. The molecule has 0 saturated heterocycles. The third kappa shape index (κ3) is 111. The Kier molecular flexibility index (Phi) is 201. The van der Waals surface area contributed by atoms with Crippen molar-refractivity contribution in [1.29, 1.82) is 0 Å². The number of hydrogen-bond donors (Lipinski definition) is 6. The fourth-order valence-electron chi connectivity index (χ4n) is 0.317. The van der Waals surface area contributed by atoms with Gasteiger partial charge in [0.25, 0.3) is 0 Å². The summed E-state index contributed by atoms with van der Waals surface area (Å²) >= 11 is 0. The number of rotatable bonds is 3. The first-order chi connectivity index (χ1) is 5.71. The molecule has 0 aromatic heterocycles. The second kappa shape index (κ2) is 49.5. The fourth-order valence-corrected chi connectivity index (χ4v) is 0.803. The zero-order valence-electron chi connectivity index (χ0n) is 11.5. The van der Waals surface area contributed by atoms with Gasteiger partial charge in [-0.1, -0.05) is 0 Å². The molecule has 0 aliphatic rings. The number of aliphatic hydroxyl groups is 1. The third-order valence-electron chi connectivity index (χ3n) is 0.813. The highest BCUT2D eigenvalue weighted by Gasteiger charge is 2.24. The van der Waals surface area contributed by atoms with Crippen molar-refractivity contribution in [2.24, 2.45) is 5.73 Å². The van der Waals surface area contributed by atoms with Gasteiger partial charge in [-0.2, -0.15) is 0 Å². The number of hydrogen-bond acceptors (Lipinski definition) is 4. The molecule has 0 radical (unpaired) electrons. The van der Waals surface area contributed by atoms with Gasteiger partial charge in [0.2, 0.25) is 0 Å². The Hall–Kier alpha value is -0.310. The SMILES string of the molecule is NCCC(O)P(=O)(O)O.O.O.O.O.O.O.O.O.O.O.O=[P+](O)O. The molecule has 23 heavy (non-hydrogen) atoms. The molecule has 0 aromatic rings. The largest absolute Gasteiger partial charge is 0.692 e. The molecule has 0 bridgehead atoms. The van der Waals surface area contributed by atoms with Gasteiger partial charge in [-0.15, -0.1) is 9.79 Å². The molecule has 1 atom stereocenters. The van der Waals surface area contributed by atoms with Crippen molar-refractivity contribution < 1.29 is 88.6 Å². The molecule has 0 saturated carbocycles. The van der Waals surface area contributed by atoms with E-state index in [-0.39, 0.29) is 67.7 Å². The monoisotopic (exact) mass is 416 g/mol. The van der Waals surface area contributed by atoms with E-state index in [2.05, 4.69) is 0 Å². The predicted octanol–water partition coefficient (Wildman–Crippen LogP) is -9.79. The van der Waals surface area contributed by atoms with Gasteiger partial charge >= 0.3 is 15.9 Å². The maximum absolute atomic E-state index is 10.1. The first-order valence-electron chi connectivity index (χ1n) is 3.00. The zero-order valence-corrected chi connectivity index (χ0v) is 13.3. The molecular formula is C3H32NO17P2+. The Morgan fingerprint density at radius 3 is 1.04 bits per heavy atom. The summed E-state index contributed by atoms with van der Waals surface area (Å²) in [4.78, 5) is 30.7. The summed E-state index contributed by atoms with van der Waals surface area (Å²) < 4.78 is 18.8. The van der Waals surface area contributed by atoms with E-state index in [9.17, 15) is 4.57 Å². The van der Waals surface area contributed by atoms with E-state index in [0.29, 0.717) is 0 Å². The predicted molar refractivity (Wildman–Crippen MR) is 79.9 cm³/mol. The van der Waals surface area contributed by atoms with Crippen LogP contribution in [-0.4, -0.2) is 91.8 Å². The van der Waals surface area contributed by atoms with Crippen molar-refractivity contribution in [3.8, 4) is 0 Å². The van der Waals surface area contributed by atoms with Gasteiger partial charge in [0, 0.05) is 4.57 Å². The smallest absolute Gasteiger partial charge is 0.412 e. The van der Waals surface area contributed by atoms with E-state index < -0.39 is 21.7 Å². The molecule has 18 nitrogen and oxygen atoms in total. The first kappa shape index (κ1) is 93.4. The molecule has 0 heterocycles. The van der Waals surface area contributed by atoms with Gasteiger partial charge in [0.1, 0.15) is 0 Å². The van der Waals surface area contributed by atoms with Gasteiger partial charge in [-0.3, -0.25) is 4.57 Å².